The summed E-state index contributed by atoms with van der Waals surface area (Å²) in [5.74, 6) is 0.555. The Morgan fingerprint density at radius 1 is 1.00 bits per heavy atom. The van der Waals surface area contributed by atoms with E-state index in [-0.39, 0.29) is 5.95 Å². The fourth-order valence-corrected chi connectivity index (χ4v) is 2.64. The Labute approximate surface area is 122 Å². The molecule has 0 aliphatic rings. The molecule has 0 saturated heterocycles. The van der Waals surface area contributed by atoms with Gasteiger partial charge < -0.3 is 17.2 Å². The highest BCUT2D eigenvalue weighted by Gasteiger charge is 2.13. The first-order valence-electron chi connectivity index (χ1n) is 6.71. The SMILES string of the molecule is Cc1c(Cc2ccccc2)c(N)cc2nc(N)nc(N)c12. The summed E-state index contributed by atoms with van der Waals surface area (Å²) >= 11 is 0. The summed E-state index contributed by atoms with van der Waals surface area (Å²) in [6.45, 7) is 1.99. The van der Waals surface area contributed by atoms with E-state index in [9.17, 15) is 0 Å². The molecule has 3 aromatic rings. The van der Waals surface area contributed by atoms with Gasteiger partial charge in [-0.1, -0.05) is 30.3 Å². The van der Waals surface area contributed by atoms with E-state index in [4.69, 9.17) is 17.2 Å². The van der Waals surface area contributed by atoms with Crippen LogP contribution in [-0.2, 0) is 6.42 Å². The molecule has 0 aliphatic heterocycles. The molecule has 21 heavy (non-hydrogen) atoms. The summed E-state index contributed by atoms with van der Waals surface area (Å²) in [7, 11) is 0. The number of anilines is 3. The fourth-order valence-electron chi connectivity index (χ4n) is 2.64. The van der Waals surface area contributed by atoms with Crippen LogP contribution in [0.1, 0.15) is 16.7 Å². The largest absolute Gasteiger partial charge is 0.398 e. The average Bonchev–Trinajstić information content (AvgIpc) is 2.43. The highest BCUT2D eigenvalue weighted by atomic mass is 15.0. The number of nitrogens with two attached hydrogens (primary N) is 3. The van der Waals surface area contributed by atoms with Crippen molar-refractivity contribution >= 4 is 28.4 Å². The van der Waals surface area contributed by atoms with Gasteiger partial charge in [0.2, 0.25) is 5.95 Å². The van der Waals surface area contributed by atoms with Crippen molar-refractivity contribution in [1.82, 2.24) is 9.97 Å². The lowest BCUT2D eigenvalue weighted by molar-refractivity contribution is 1.16. The number of aryl methyl sites for hydroxylation is 1. The van der Waals surface area contributed by atoms with E-state index in [0.29, 0.717) is 17.0 Å². The molecule has 0 radical (unpaired) electrons. The standard InChI is InChI=1S/C16H17N5/c1-9-11(7-10-5-3-2-4-6-10)12(17)8-13-14(9)15(18)21-16(19)20-13/h2-6,8H,7,17H2,1H3,(H4,18,19,20,21). The Morgan fingerprint density at radius 2 is 1.71 bits per heavy atom. The quantitative estimate of drug-likeness (QED) is 0.624. The molecule has 3 rings (SSSR count). The number of fused-ring (bicyclic) bond motifs is 1. The van der Waals surface area contributed by atoms with E-state index in [1.807, 2.05) is 31.2 Å². The Morgan fingerprint density at radius 3 is 2.43 bits per heavy atom. The predicted octanol–water partition coefficient (Wildman–Crippen LogP) is 2.28. The molecular weight excluding hydrogens is 262 g/mol. The van der Waals surface area contributed by atoms with E-state index in [0.717, 1.165) is 22.9 Å². The smallest absolute Gasteiger partial charge is 0.222 e. The van der Waals surface area contributed by atoms with Crippen LogP contribution in [0, 0.1) is 6.92 Å². The second-order valence-electron chi connectivity index (χ2n) is 5.09. The van der Waals surface area contributed by atoms with Gasteiger partial charge >= 0.3 is 0 Å². The molecular formula is C16H17N5. The van der Waals surface area contributed by atoms with Crippen LogP contribution in [0.3, 0.4) is 0 Å². The molecule has 5 nitrogen and oxygen atoms in total. The molecule has 0 aliphatic carbocycles. The monoisotopic (exact) mass is 279 g/mol. The summed E-state index contributed by atoms with van der Waals surface area (Å²) < 4.78 is 0. The first kappa shape index (κ1) is 13.2. The highest BCUT2D eigenvalue weighted by Crippen LogP contribution is 2.31. The molecule has 0 amide bonds. The first-order valence-corrected chi connectivity index (χ1v) is 6.71. The lowest BCUT2D eigenvalue weighted by atomic mass is 9.95. The number of aromatic nitrogens is 2. The Kier molecular flexibility index (Phi) is 3.10. The third-order valence-corrected chi connectivity index (χ3v) is 3.67. The third-order valence-electron chi connectivity index (χ3n) is 3.67. The van der Waals surface area contributed by atoms with Crippen molar-refractivity contribution in [3.8, 4) is 0 Å². The van der Waals surface area contributed by atoms with Crippen LogP contribution >= 0.6 is 0 Å². The fraction of sp³-hybridized carbons (Fsp3) is 0.125. The Balaban J connectivity index is 2.20. The van der Waals surface area contributed by atoms with E-state index in [1.165, 1.54) is 5.56 Å². The van der Waals surface area contributed by atoms with E-state index in [1.54, 1.807) is 0 Å². The van der Waals surface area contributed by atoms with Crippen molar-refractivity contribution < 1.29 is 0 Å². The summed E-state index contributed by atoms with van der Waals surface area (Å²) in [5, 5.41) is 0.823. The molecule has 6 N–H and O–H groups in total. The lowest BCUT2D eigenvalue weighted by Gasteiger charge is -2.14. The minimum absolute atomic E-state index is 0.162. The molecule has 0 saturated carbocycles. The van der Waals surface area contributed by atoms with Gasteiger partial charge in [-0.2, -0.15) is 4.98 Å². The minimum Gasteiger partial charge on any atom is -0.398 e. The van der Waals surface area contributed by atoms with Crippen LogP contribution in [0.2, 0.25) is 0 Å². The van der Waals surface area contributed by atoms with Gasteiger partial charge in [0.25, 0.3) is 0 Å². The molecule has 0 bridgehead atoms. The average molecular weight is 279 g/mol. The number of nitrogen functional groups attached to an aromatic ring is 3. The molecule has 2 aromatic carbocycles. The van der Waals surface area contributed by atoms with Crippen LogP contribution in [0.5, 0.6) is 0 Å². The van der Waals surface area contributed by atoms with Crippen molar-refractivity contribution in [2.24, 2.45) is 0 Å². The van der Waals surface area contributed by atoms with Gasteiger partial charge in [0.15, 0.2) is 0 Å². The molecule has 0 unspecified atom stereocenters. The van der Waals surface area contributed by atoms with Crippen LogP contribution in [-0.4, -0.2) is 9.97 Å². The molecule has 106 valence electrons. The molecule has 1 aromatic heterocycles. The molecule has 5 heteroatoms. The summed E-state index contributed by atoms with van der Waals surface area (Å²) in [6, 6.07) is 12.0. The van der Waals surface area contributed by atoms with Crippen molar-refractivity contribution in [1.29, 1.82) is 0 Å². The van der Waals surface area contributed by atoms with Gasteiger partial charge in [0, 0.05) is 11.1 Å². The van der Waals surface area contributed by atoms with Gasteiger partial charge in [-0.3, -0.25) is 0 Å². The Bertz CT molecular complexity index is 812. The maximum Gasteiger partial charge on any atom is 0.222 e. The van der Waals surface area contributed by atoms with Crippen LogP contribution < -0.4 is 17.2 Å². The van der Waals surface area contributed by atoms with E-state index >= 15 is 0 Å². The van der Waals surface area contributed by atoms with Crippen molar-refractivity contribution in [2.75, 3.05) is 17.2 Å². The van der Waals surface area contributed by atoms with E-state index in [2.05, 4.69) is 22.1 Å². The topological polar surface area (TPSA) is 104 Å². The molecule has 0 spiro atoms. The number of benzene rings is 2. The number of hydrogen-bond donors (Lipinski definition) is 3. The van der Waals surface area contributed by atoms with Gasteiger partial charge in [-0.05, 0) is 36.1 Å². The zero-order valence-electron chi connectivity index (χ0n) is 11.8. The summed E-state index contributed by atoms with van der Waals surface area (Å²) in [4.78, 5) is 8.26. The number of hydrogen-bond acceptors (Lipinski definition) is 5. The van der Waals surface area contributed by atoms with Gasteiger partial charge in [0.1, 0.15) is 5.82 Å². The Hall–Kier alpha value is -2.82. The lowest BCUT2D eigenvalue weighted by Crippen LogP contribution is -2.05. The van der Waals surface area contributed by atoms with Crippen molar-refractivity contribution in [3.05, 3.63) is 53.1 Å². The molecule has 0 fully saturated rings. The summed E-state index contributed by atoms with van der Waals surface area (Å²) in [6.07, 6.45) is 0.748. The zero-order valence-corrected chi connectivity index (χ0v) is 11.8. The zero-order chi connectivity index (χ0) is 15.0. The van der Waals surface area contributed by atoms with Crippen LogP contribution in [0.15, 0.2) is 36.4 Å². The number of rotatable bonds is 2. The summed E-state index contributed by atoms with van der Waals surface area (Å²) in [5.41, 5.74) is 22.5. The van der Waals surface area contributed by atoms with Crippen molar-refractivity contribution in [2.45, 2.75) is 13.3 Å². The maximum absolute atomic E-state index is 6.19. The maximum atomic E-state index is 6.19. The third kappa shape index (κ3) is 2.33. The molecule has 0 atom stereocenters. The van der Waals surface area contributed by atoms with Gasteiger partial charge in [-0.25, -0.2) is 4.98 Å². The van der Waals surface area contributed by atoms with E-state index < -0.39 is 0 Å². The minimum atomic E-state index is 0.162. The second-order valence-corrected chi connectivity index (χ2v) is 5.09. The number of nitrogens with zero attached hydrogens (tertiary/aromatic N) is 2. The second kappa shape index (κ2) is 4.94. The normalized spacial score (nSPS) is 10.9. The van der Waals surface area contributed by atoms with Crippen molar-refractivity contribution in [3.63, 3.8) is 0 Å². The molecule has 1 heterocycles. The predicted molar refractivity (Wildman–Crippen MR) is 86.8 cm³/mol. The van der Waals surface area contributed by atoms with Gasteiger partial charge in [-0.15, -0.1) is 0 Å². The highest BCUT2D eigenvalue weighted by molar-refractivity contribution is 5.95. The van der Waals surface area contributed by atoms with Crippen LogP contribution in [0.4, 0.5) is 17.5 Å². The first-order chi connectivity index (χ1) is 10.1. The van der Waals surface area contributed by atoms with Gasteiger partial charge in [0.05, 0.1) is 5.52 Å². The van der Waals surface area contributed by atoms with Crippen LogP contribution in [0.25, 0.3) is 10.9 Å².